The fourth-order valence-corrected chi connectivity index (χ4v) is 2.24. The van der Waals surface area contributed by atoms with Gasteiger partial charge in [0.25, 0.3) is 0 Å². The molecule has 0 radical (unpaired) electrons. The third-order valence-corrected chi connectivity index (χ3v) is 3.66. The van der Waals surface area contributed by atoms with Crippen molar-refractivity contribution in [2.75, 3.05) is 0 Å². The van der Waals surface area contributed by atoms with E-state index in [1.807, 2.05) is 12.1 Å². The van der Waals surface area contributed by atoms with Gasteiger partial charge in [0.2, 0.25) is 0 Å². The van der Waals surface area contributed by atoms with Crippen LogP contribution in [0.2, 0.25) is 10.0 Å². The minimum atomic E-state index is 0.327. The molecular formula is C13H10BrCl2NO. The molecule has 2 rings (SSSR count). The standard InChI is InChI=1S/C13H10BrCl2NO/c14-6-9-4-5-10(7-17-9)18-8-11-12(15)2-1-3-13(11)16/h1-5,7H,6,8H2. The lowest BCUT2D eigenvalue weighted by atomic mass is 10.2. The van der Waals surface area contributed by atoms with Gasteiger partial charge in [0.1, 0.15) is 12.4 Å². The van der Waals surface area contributed by atoms with Crippen molar-refractivity contribution in [2.45, 2.75) is 11.9 Å². The van der Waals surface area contributed by atoms with Crippen LogP contribution in [-0.2, 0) is 11.9 Å². The first-order valence-corrected chi connectivity index (χ1v) is 7.15. The molecule has 0 aliphatic rings. The zero-order valence-electron chi connectivity index (χ0n) is 9.37. The minimum absolute atomic E-state index is 0.327. The second-order valence-corrected chi connectivity index (χ2v) is 4.98. The molecule has 1 aromatic heterocycles. The molecule has 0 atom stereocenters. The van der Waals surface area contributed by atoms with Crippen LogP contribution in [0, 0.1) is 0 Å². The average Bonchev–Trinajstić information content (AvgIpc) is 2.39. The van der Waals surface area contributed by atoms with E-state index in [9.17, 15) is 0 Å². The fourth-order valence-electron chi connectivity index (χ4n) is 1.40. The van der Waals surface area contributed by atoms with E-state index >= 15 is 0 Å². The molecule has 1 aromatic carbocycles. The molecule has 0 saturated carbocycles. The van der Waals surface area contributed by atoms with E-state index < -0.39 is 0 Å². The van der Waals surface area contributed by atoms with Crippen molar-refractivity contribution in [3.63, 3.8) is 0 Å². The molecule has 2 nitrogen and oxygen atoms in total. The monoisotopic (exact) mass is 345 g/mol. The zero-order valence-corrected chi connectivity index (χ0v) is 12.5. The highest BCUT2D eigenvalue weighted by Gasteiger charge is 2.06. The van der Waals surface area contributed by atoms with Gasteiger partial charge in [-0.15, -0.1) is 0 Å². The zero-order chi connectivity index (χ0) is 13.0. The Morgan fingerprint density at radius 3 is 2.39 bits per heavy atom. The van der Waals surface area contributed by atoms with E-state index in [0.29, 0.717) is 22.4 Å². The molecule has 0 N–H and O–H groups in total. The summed E-state index contributed by atoms with van der Waals surface area (Å²) in [5, 5.41) is 1.93. The first-order valence-electron chi connectivity index (χ1n) is 5.27. The lowest BCUT2D eigenvalue weighted by Gasteiger charge is -2.09. The maximum atomic E-state index is 6.06. The quantitative estimate of drug-likeness (QED) is 0.737. The second kappa shape index (κ2) is 6.41. The second-order valence-electron chi connectivity index (χ2n) is 3.61. The van der Waals surface area contributed by atoms with Gasteiger partial charge in [-0.2, -0.15) is 0 Å². The van der Waals surface area contributed by atoms with Crippen LogP contribution in [0.15, 0.2) is 36.5 Å². The van der Waals surface area contributed by atoms with Crippen LogP contribution in [0.5, 0.6) is 5.75 Å². The van der Waals surface area contributed by atoms with Gasteiger partial charge in [-0.3, -0.25) is 4.98 Å². The van der Waals surface area contributed by atoms with Crippen LogP contribution in [-0.4, -0.2) is 4.98 Å². The van der Waals surface area contributed by atoms with Crippen molar-refractivity contribution in [1.29, 1.82) is 0 Å². The lowest BCUT2D eigenvalue weighted by molar-refractivity contribution is 0.305. The number of benzene rings is 1. The Hall–Kier alpha value is -0.770. The molecule has 94 valence electrons. The largest absolute Gasteiger partial charge is 0.487 e. The summed E-state index contributed by atoms with van der Waals surface area (Å²) in [6.07, 6.45) is 1.68. The molecule has 1 heterocycles. The molecule has 5 heteroatoms. The highest BCUT2D eigenvalue weighted by molar-refractivity contribution is 9.08. The number of rotatable bonds is 4. The van der Waals surface area contributed by atoms with Gasteiger partial charge >= 0.3 is 0 Å². The van der Waals surface area contributed by atoms with E-state index in [2.05, 4.69) is 20.9 Å². The summed E-state index contributed by atoms with van der Waals surface area (Å²) in [7, 11) is 0. The number of aromatic nitrogens is 1. The number of alkyl halides is 1. The predicted octanol–water partition coefficient (Wildman–Crippen LogP) is 4.86. The molecule has 18 heavy (non-hydrogen) atoms. The summed E-state index contributed by atoms with van der Waals surface area (Å²) < 4.78 is 5.61. The molecule has 0 aliphatic heterocycles. The van der Waals surface area contributed by atoms with Crippen LogP contribution in [0.25, 0.3) is 0 Å². The lowest BCUT2D eigenvalue weighted by Crippen LogP contribution is -1.98. The first kappa shape index (κ1) is 13.7. The topological polar surface area (TPSA) is 22.1 Å². The van der Waals surface area contributed by atoms with E-state index in [-0.39, 0.29) is 0 Å². The average molecular weight is 347 g/mol. The summed E-state index contributed by atoms with van der Waals surface area (Å²) in [5.74, 6) is 0.690. The van der Waals surface area contributed by atoms with Gasteiger partial charge < -0.3 is 4.74 Å². The Morgan fingerprint density at radius 1 is 1.11 bits per heavy atom. The number of nitrogens with zero attached hydrogens (tertiary/aromatic N) is 1. The highest BCUT2D eigenvalue weighted by Crippen LogP contribution is 2.25. The summed E-state index contributed by atoms with van der Waals surface area (Å²) in [4.78, 5) is 4.22. The normalized spacial score (nSPS) is 10.4. The summed E-state index contributed by atoms with van der Waals surface area (Å²) in [6, 6.07) is 9.16. The number of pyridine rings is 1. The maximum absolute atomic E-state index is 6.06. The van der Waals surface area contributed by atoms with Crippen molar-refractivity contribution < 1.29 is 4.74 Å². The Bertz CT molecular complexity index is 511. The molecule has 0 unspecified atom stereocenters. The summed E-state index contributed by atoms with van der Waals surface area (Å²) in [6.45, 7) is 0.327. The van der Waals surface area contributed by atoms with Crippen molar-refractivity contribution in [3.05, 3.63) is 57.8 Å². The fraction of sp³-hybridized carbons (Fsp3) is 0.154. The van der Waals surface area contributed by atoms with E-state index in [4.69, 9.17) is 27.9 Å². The van der Waals surface area contributed by atoms with Gasteiger partial charge in [-0.25, -0.2) is 0 Å². The van der Waals surface area contributed by atoms with Crippen LogP contribution < -0.4 is 4.74 Å². The first-order chi connectivity index (χ1) is 8.70. The SMILES string of the molecule is Clc1cccc(Cl)c1COc1ccc(CBr)nc1. The van der Waals surface area contributed by atoms with Gasteiger partial charge in [0.05, 0.1) is 11.9 Å². The van der Waals surface area contributed by atoms with E-state index in [1.54, 1.807) is 24.4 Å². The molecule has 0 fully saturated rings. The van der Waals surface area contributed by atoms with E-state index in [0.717, 1.165) is 16.6 Å². The van der Waals surface area contributed by atoms with Crippen molar-refractivity contribution in [2.24, 2.45) is 0 Å². The maximum Gasteiger partial charge on any atom is 0.138 e. The highest BCUT2D eigenvalue weighted by atomic mass is 79.9. The van der Waals surface area contributed by atoms with Crippen molar-refractivity contribution >= 4 is 39.1 Å². The number of hydrogen-bond acceptors (Lipinski definition) is 2. The predicted molar refractivity (Wildman–Crippen MR) is 77.7 cm³/mol. The van der Waals surface area contributed by atoms with Crippen LogP contribution in [0.4, 0.5) is 0 Å². The number of halogens is 3. The molecular weight excluding hydrogens is 337 g/mol. The van der Waals surface area contributed by atoms with Gasteiger partial charge in [-0.1, -0.05) is 45.2 Å². The Balaban J connectivity index is 2.06. The third-order valence-electron chi connectivity index (χ3n) is 2.38. The smallest absolute Gasteiger partial charge is 0.138 e. The molecule has 2 aromatic rings. The van der Waals surface area contributed by atoms with Crippen LogP contribution in [0.1, 0.15) is 11.3 Å². The van der Waals surface area contributed by atoms with Crippen molar-refractivity contribution in [1.82, 2.24) is 4.98 Å². The Kier molecular flexibility index (Phi) is 4.87. The number of hydrogen-bond donors (Lipinski definition) is 0. The van der Waals surface area contributed by atoms with Gasteiger partial charge in [0.15, 0.2) is 0 Å². The van der Waals surface area contributed by atoms with E-state index in [1.165, 1.54) is 0 Å². The van der Waals surface area contributed by atoms with Crippen LogP contribution in [0.3, 0.4) is 0 Å². The molecule has 0 spiro atoms. The Labute approximate surface area is 124 Å². The summed E-state index contributed by atoms with van der Waals surface area (Å²) >= 11 is 15.5. The van der Waals surface area contributed by atoms with Gasteiger partial charge in [0, 0.05) is 20.9 Å². The molecule has 0 bridgehead atoms. The molecule has 0 amide bonds. The van der Waals surface area contributed by atoms with Crippen LogP contribution >= 0.6 is 39.1 Å². The number of ether oxygens (including phenoxy) is 1. The minimum Gasteiger partial charge on any atom is -0.487 e. The summed E-state index contributed by atoms with van der Waals surface area (Å²) in [5.41, 5.74) is 1.74. The molecule has 0 saturated heterocycles. The Morgan fingerprint density at radius 2 is 1.83 bits per heavy atom. The van der Waals surface area contributed by atoms with Gasteiger partial charge in [-0.05, 0) is 24.3 Å². The molecule has 0 aliphatic carbocycles. The van der Waals surface area contributed by atoms with Crippen molar-refractivity contribution in [3.8, 4) is 5.75 Å². The third kappa shape index (κ3) is 3.37.